The van der Waals surface area contributed by atoms with Crippen LogP contribution in [0.5, 0.6) is 0 Å². The summed E-state index contributed by atoms with van der Waals surface area (Å²) in [6.07, 6.45) is 2.55. The first kappa shape index (κ1) is 13.8. The van der Waals surface area contributed by atoms with Crippen molar-refractivity contribution in [3.8, 4) is 0 Å². The second-order valence-electron chi connectivity index (χ2n) is 1.74. The van der Waals surface area contributed by atoms with Gasteiger partial charge in [0.2, 0.25) is 0 Å². The zero-order valence-electron chi connectivity index (χ0n) is 9.14. The summed E-state index contributed by atoms with van der Waals surface area (Å²) in [5, 5.41) is 0. The van der Waals surface area contributed by atoms with Crippen molar-refractivity contribution in [1.29, 1.82) is 0 Å². The average Bonchev–Trinajstić information content (AvgIpc) is 2.58. The van der Waals surface area contributed by atoms with E-state index in [4.69, 9.17) is 4.42 Å². The molecule has 2 heteroatoms. The van der Waals surface area contributed by atoms with Gasteiger partial charge in [0.25, 0.3) is 0 Å². The fraction of sp³-hybridized carbons (Fsp3) is 0.700. The number of aromatic nitrogens is 1. The molecule has 72 valence electrons. The van der Waals surface area contributed by atoms with Gasteiger partial charge in [-0.25, -0.2) is 4.98 Å². The number of hydrogen-bond donors (Lipinski definition) is 0. The second kappa shape index (κ2) is 10.2. The summed E-state index contributed by atoms with van der Waals surface area (Å²) >= 11 is 0. The van der Waals surface area contributed by atoms with Crippen LogP contribution in [0.2, 0.25) is 0 Å². The second-order valence-corrected chi connectivity index (χ2v) is 1.74. The predicted molar refractivity (Wildman–Crippen MR) is 53.3 cm³/mol. The Morgan fingerprint density at radius 2 is 1.75 bits per heavy atom. The highest BCUT2D eigenvalue weighted by Gasteiger charge is 1.93. The van der Waals surface area contributed by atoms with Crippen molar-refractivity contribution >= 4 is 0 Å². The number of aryl methyl sites for hydroxylation is 2. The van der Waals surface area contributed by atoms with Gasteiger partial charge < -0.3 is 4.42 Å². The van der Waals surface area contributed by atoms with E-state index < -0.39 is 0 Å². The van der Waals surface area contributed by atoms with E-state index >= 15 is 0 Å². The third kappa shape index (κ3) is 5.96. The molecule has 0 fully saturated rings. The quantitative estimate of drug-likeness (QED) is 0.645. The zero-order chi connectivity index (χ0) is 9.98. The van der Waals surface area contributed by atoms with Crippen molar-refractivity contribution in [2.45, 2.75) is 48.0 Å². The monoisotopic (exact) mass is 171 g/mol. The Bertz CT molecular complexity index is 170. The van der Waals surface area contributed by atoms with Gasteiger partial charge in [-0.2, -0.15) is 0 Å². The van der Waals surface area contributed by atoms with Crippen LogP contribution in [0, 0.1) is 6.92 Å². The van der Waals surface area contributed by atoms with Gasteiger partial charge in [0.1, 0.15) is 6.26 Å². The number of nitrogens with zero attached hydrogens (tertiary/aromatic N) is 1. The molecule has 1 aromatic heterocycles. The highest BCUT2D eigenvalue weighted by atomic mass is 16.3. The van der Waals surface area contributed by atoms with E-state index in [1.54, 1.807) is 6.26 Å². The molecule has 0 amide bonds. The minimum absolute atomic E-state index is 0.822. The lowest BCUT2D eigenvalue weighted by Gasteiger charge is -1.78. The Morgan fingerprint density at radius 1 is 1.25 bits per heavy atom. The van der Waals surface area contributed by atoms with Crippen LogP contribution in [-0.2, 0) is 6.42 Å². The first-order valence-electron chi connectivity index (χ1n) is 4.74. The van der Waals surface area contributed by atoms with Gasteiger partial charge in [0.05, 0.1) is 5.69 Å². The van der Waals surface area contributed by atoms with Crippen molar-refractivity contribution in [2.24, 2.45) is 0 Å². The molecule has 0 bridgehead atoms. The van der Waals surface area contributed by atoms with Crippen molar-refractivity contribution < 1.29 is 4.42 Å². The van der Waals surface area contributed by atoms with E-state index in [2.05, 4.69) is 4.98 Å². The maximum absolute atomic E-state index is 5.00. The molecule has 0 aliphatic carbocycles. The fourth-order valence-electron chi connectivity index (χ4n) is 0.565. The normalized spacial score (nSPS) is 7.50. The summed E-state index contributed by atoms with van der Waals surface area (Å²) in [5.41, 5.74) is 0.960. The van der Waals surface area contributed by atoms with Crippen molar-refractivity contribution in [3.05, 3.63) is 17.8 Å². The van der Waals surface area contributed by atoms with Gasteiger partial charge in [-0.05, 0) is 6.92 Å². The lowest BCUT2D eigenvalue weighted by Crippen LogP contribution is -1.76. The summed E-state index contributed by atoms with van der Waals surface area (Å²) in [6, 6.07) is 0. The van der Waals surface area contributed by atoms with E-state index in [1.807, 2.05) is 41.5 Å². The molecule has 0 aliphatic heterocycles. The van der Waals surface area contributed by atoms with Crippen LogP contribution >= 0.6 is 0 Å². The molecule has 0 unspecified atom stereocenters. The van der Waals surface area contributed by atoms with Crippen molar-refractivity contribution in [2.75, 3.05) is 0 Å². The molecule has 0 aromatic carbocycles. The lowest BCUT2D eigenvalue weighted by molar-refractivity contribution is 0.501. The van der Waals surface area contributed by atoms with E-state index in [0.29, 0.717) is 0 Å². The highest BCUT2D eigenvalue weighted by molar-refractivity contribution is 4.91. The third-order valence-corrected chi connectivity index (χ3v) is 0.969. The Balaban J connectivity index is 0. The van der Waals surface area contributed by atoms with Crippen molar-refractivity contribution in [3.63, 3.8) is 0 Å². The first-order chi connectivity index (χ1) is 5.83. The van der Waals surface area contributed by atoms with Gasteiger partial charge in [-0.1, -0.05) is 34.6 Å². The highest BCUT2D eigenvalue weighted by Crippen LogP contribution is 1.99. The largest absolute Gasteiger partial charge is 0.449 e. The number of hydrogen-bond acceptors (Lipinski definition) is 2. The van der Waals surface area contributed by atoms with Crippen LogP contribution in [0.4, 0.5) is 0 Å². The first-order valence-corrected chi connectivity index (χ1v) is 4.74. The smallest absolute Gasteiger partial charge is 0.193 e. The van der Waals surface area contributed by atoms with Crippen LogP contribution < -0.4 is 0 Å². The van der Waals surface area contributed by atoms with Crippen LogP contribution in [0.25, 0.3) is 0 Å². The Morgan fingerprint density at radius 3 is 1.92 bits per heavy atom. The van der Waals surface area contributed by atoms with E-state index in [9.17, 15) is 0 Å². The SMILES string of the molecule is CC.CC.CCc1nc(C)co1. The maximum atomic E-state index is 5.00. The summed E-state index contributed by atoms with van der Waals surface area (Å²) in [6.45, 7) is 11.9. The molecule has 0 aliphatic rings. The summed E-state index contributed by atoms with van der Waals surface area (Å²) in [5.74, 6) is 0.822. The molecule has 0 N–H and O–H groups in total. The number of rotatable bonds is 1. The summed E-state index contributed by atoms with van der Waals surface area (Å²) < 4.78 is 5.00. The van der Waals surface area contributed by atoms with E-state index in [-0.39, 0.29) is 0 Å². The molecule has 0 radical (unpaired) electrons. The molecule has 12 heavy (non-hydrogen) atoms. The topological polar surface area (TPSA) is 26.0 Å². The predicted octanol–water partition coefficient (Wildman–Crippen LogP) is 3.60. The molecule has 0 saturated heterocycles. The molecule has 1 heterocycles. The van der Waals surface area contributed by atoms with Gasteiger partial charge in [-0.15, -0.1) is 0 Å². The Kier molecular flexibility index (Phi) is 11.7. The lowest BCUT2D eigenvalue weighted by atomic mass is 10.5. The summed E-state index contributed by atoms with van der Waals surface area (Å²) in [7, 11) is 0. The fourth-order valence-corrected chi connectivity index (χ4v) is 0.565. The van der Waals surface area contributed by atoms with Gasteiger partial charge in [0.15, 0.2) is 5.89 Å². The summed E-state index contributed by atoms with van der Waals surface area (Å²) in [4.78, 5) is 4.06. The van der Waals surface area contributed by atoms with E-state index in [0.717, 1.165) is 18.0 Å². The number of oxazole rings is 1. The van der Waals surface area contributed by atoms with Gasteiger partial charge in [-0.3, -0.25) is 0 Å². The maximum Gasteiger partial charge on any atom is 0.193 e. The molecule has 0 spiro atoms. The van der Waals surface area contributed by atoms with Crippen molar-refractivity contribution in [1.82, 2.24) is 4.98 Å². The van der Waals surface area contributed by atoms with Crippen LogP contribution in [0.3, 0.4) is 0 Å². The van der Waals surface area contributed by atoms with Crippen LogP contribution in [0.15, 0.2) is 10.7 Å². The minimum Gasteiger partial charge on any atom is -0.449 e. The van der Waals surface area contributed by atoms with E-state index in [1.165, 1.54) is 0 Å². The van der Waals surface area contributed by atoms with Gasteiger partial charge in [0, 0.05) is 6.42 Å². The Hall–Kier alpha value is -0.790. The third-order valence-electron chi connectivity index (χ3n) is 0.969. The molecular formula is C10H21NO. The molecule has 1 rings (SSSR count). The minimum atomic E-state index is 0.822. The average molecular weight is 171 g/mol. The standard InChI is InChI=1S/C6H9NO.2C2H6/c1-3-6-7-5(2)4-8-6;2*1-2/h4H,3H2,1-2H3;2*1-2H3. The Labute approximate surface area is 76.0 Å². The van der Waals surface area contributed by atoms with Gasteiger partial charge >= 0.3 is 0 Å². The van der Waals surface area contributed by atoms with Crippen LogP contribution in [0.1, 0.15) is 46.2 Å². The van der Waals surface area contributed by atoms with Crippen LogP contribution in [-0.4, -0.2) is 4.98 Å². The molecule has 1 aromatic rings. The molecule has 0 saturated carbocycles. The molecule has 0 atom stereocenters. The zero-order valence-corrected chi connectivity index (χ0v) is 9.14. The molecule has 2 nitrogen and oxygen atoms in total. The molecular weight excluding hydrogens is 150 g/mol.